The van der Waals surface area contributed by atoms with Gasteiger partial charge in [0.25, 0.3) is 5.91 Å². The lowest BCUT2D eigenvalue weighted by atomic mass is 10.1. The summed E-state index contributed by atoms with van der Waals surface area (Å²) in [5.74, 6) is -0.590. The molecule has 1 fully saturated rings. The highest BCUT2D eigenvalue weighted by Crippen LogP contribution is 2.18. The molecule has 0 bridgehead atoms. The Morgan fingerprint density at radius 2 is 2.11 bits per heavy atom. The van der Waals surface area contributed by atoms with Crippen LogP contribution >= 0.6 is 11.6 Å². The van der Waals surface area contributed by atoms with Crippen LogP contribution in [0.15, 0.2) is 18.2 Å². The summed E-state index contributed by atoms with van der Waals surface area (Å²) in [6, 6.07) is 4.92. The monoisotopic (exact) mass is 267 g/mol. The molecule has 0 spiro atoms. The molecule has 1 aliphatic carbocycles. The summed E-state index contributed by atoms with van der Waals surface area (Å²) in [5, 5.41) is 5.71. The summed E-state index contributed by atoms with van der Waals surface area (Å²) in [6.07, 6.45) is 2.03. The molecule has 2 rings (SSSR count). The molecular weight excluding hydrogens is 254 g/mol. The van der Waals surface area contributed by atoms with Crippen LogP contribution in [0.25, 0.3) is 0 Å². The number of hydrogen-bond donors (Lipinski definition) is 3. The molecule has 0 unspecified atom stereocenters. The van der Waals surface area contributed by atoms with Crippen LogP contribution in [-0.2, 0) is 4.79 Å². The van der Waals surface area contributed by atoms with Crippen LogP contribution in [0.2, 0.25) is 5.02 Å². The van der Waals surface area contributed by atoms with Crippen molar-refractivity contribution >= 4 is 29.1 Å². The lowest BCUT2D eigenvalue weighted by Gasteiger charge is -2.08. The first kappa shape index (κ1) is 12.7. The normalized spacial score (nSPS) is 14.1. The molecule has 0 aliphatic heterocycles. The zero-order valence-electron chi connectivity index (χ0n) is 9.70. The van der Waals surface area contributed by atoms with Crippen molar-refractivity contribution in [1.82, 2.24) is 10.6 Å². The molecule has 0 heterocycles. The molecule has 1 aliphatic rings. The second-order valence-corrected chi connectivity index (χ2v) is 4.69. The van der Waals surface area contributed by atoms with Crippen molar-refractivity contribution in [3.63, 3.8) is 0 Å². The highest BCUT2D eigenvalue weighted by molar-refractivity contribution is 6.31. The second-order valence-electron chi connectivity index (χ2n) is 4.26. The standard InChI is InChI=1S/C12H14ClN3O2/c13-7-1-4-10(14)9(5-7)12(18)15-6-11(17)16-8-2-3-8/h1,4-5,8H,2-3,6,14H2,(H,15,18)(H,16,17). The zero-order valence-corrected chi connectivity index (χ0v) is 10.5. The van der Waals surface area contributed by atoms with E-state index in [9.17, 15) is 9.59 Å². The van der Waals surface area contributed by atoms with Gasteiger partial charge in [-0.05, 0) is 31.0 Å². The van der Waals surface area contributed by atoms with E-state index in [1.165, 1.54) is 6.07 Å². The van der Waals surface area contributed by atoms with Crippen LogP contribution in [0.4, 0.5) is 5.69 Å². The number of carbonyl (C=O) groups excluding carboxylic acids is 2. The Hall–Kier alpha value is -1.75. The number of anilines is 1. The van der Waals surface area contributed by atoms with Crippen LogP contribution < -0.4 is 16.4 Å². The van der Waals surface area contributed by atoms with Gasteiger partial charge in [0.15, 0.2) is 0 Å². The van der Waals surface area contributed by atoms with Crippen molar-refractivity contribution < 1.29 is 9.59 Å². The zero-order chi connectivity index (χ0) is 13.1. The Labute approximate surface area is 110 Å². The van der Waals surface area contributed by atoms with Crippen molar-refractivity contribution in [2.75, 3.05) is 12.3 Å². The molecule has 0 atom stereocenters. The molecule has 0 aromatic heterocycles. The van der Waals surface area contributed by atoms with Gasteiger partial charge in [-0.15, -0.1) is 0 Å². The number of hydrogen-bond acceptors (Lipinski definition) is 3. The van der Waals surface area contributed by atoms with E-state index in [0.717, 1.165) is 12.8 Å². The Morgan fingerprint density at radius 1 is 1.39 bits per heavy atom. The first-order chi connectivity index (χ1) is 8.56. The number of rotatable bonds is 4. The van der Waals surface area contributed by atoms with E-state index in [1.54, 1.807) is 12.1 Å². The lowest BCUT2D eigenvalue weighted by molar-refractivity contribution is -0.120. The van der Waals surface area contributed by atoms with Crippen LogP contribution in [0.5, 0.6) is 0 Å². The van der Waals surface area contributed by atoms with E-state index in [0.29, 0.717) is 10.7 Å². The van der Waals surface area contributed by atoms with Gasteiger partial charge in [-0.1, -0.05) is 11.6 Å². The summed E-state index contributed by atoms with van der Waals surface area (Å²) >= 11 is 5.79. The quantitative estimate of drug-likeness (QED) is 0.710. The van der Waals surface area contributed by atoms with Crippen LogP contribution in [0.3, 0.4) is 0 Å². The lowest BCUT2D eigenvalue weighted by Crippen LogP contribution is -2.38. The molecule has 0 saturated heterocycles. The minimum atomic E-state index is -0.402. The molecule has 96 valence electrons. The smallest absolute Gasteiger partial charge is 0.253 e. The molecule has 2 amide bonds. The summed E-state index contributed by atoms with van der Waals surface area (Å²) in [5.41, 5.74) is 6.28. The number of carbonyl (C=O) groups is 2. The predicted octanol–water partition coefficient (Wildman–Crippen LogP) is 0.931. The van der Waals surface area contributed by atoms with Crippen molar-refractivity contribution in [1.29, 1.82) is 0 Å². The summed E-state index contributed by atoms with van der Waals surface area (Å²) in [4.78, 5) is 23.2. The van der Waals surface area contributed by atoms with Gasteiger partial charge in [0, 0.05) is 16.8 Å². The maximum atomic E-state index is 11.8. The largest absolute Gasteiger partial charge is 0.398 e. The number of nitrogens with one attached hydrogen (secondary N) is 2. The van der Waals surface area contributed by atoms with Gasteiger partial charge in [0.1, 0.15) is 0 Å². The molecule has 4 N–H and O–H groups in total. The fourth-order valence-electron chi connectivity index (χ4n) is 1.49. The summed E-state index contributed by atoms with van der Waals surface area (Å²) < 4.78 is 0. The van der Waals surface area contributed by atoms with Crippen LogP contribution in [-0.4, -0.2) is 24.4 Å². The topological polar surface area (TPSA) is 84.2 Å². The minimum Gasteiger partial charge on any atom is -0.398 e. The number of benzene rings is 1. The molecular formula is C12H14ClN3O2. The third kappa shape index (κ3) is 3.37. The third-order valence-corrected chi connectivity index (χ3v) is 2.85. The molecule has 1 aromatic rings. The highest BCUT2D eigenvalue weighted by Gasteiger charge is 2.23. The second kappa shape index (κ2) is 5.27. The molecule has 1 aromatic carbocycles. The Bertz CT molecular complexity index is 486. The molecule has 5 nitrogen and oxygen atoms in total. The number of nitrogens with two attached hydrogens (primary N) is 1. The van der Waals surface area contributed by atoms with E-state index in [4.69, 9.17) is 17.3 Å². The average molecular weight is 268 g/mol. The average Bonchev–Trinajstić information content (AvgIpc) is 3.13. The molecule has 18 heavy (non-hydrogen) atoms. The first-order valence-corrected chi connectivity index (χ1v) is 6.06. The number of halogens is 1. The predicted molar refractivity (Wildman–Crippen MR) is 69.4 cm³/mol. The summed E-state index contributed by atoms with van der Waals surface area (Å²) in [6.45, 7) is -0.0543. The van der Waals surface area contributed by atoms with E-state index < -0.39 is 5.91 Å². The van der Waals surface area contributed by atoms with Gasteiger partial charge in [-0.25, -0.2) is 0 Å². The number of nitrogen functional groups attached to an aromatic ring is 1. The highest BCUT2D eigenvalue weighted by atomic mass is 35.5. The van der Waals surface area contributed by atoms with Gasteiger partial charge in [-0.3, -0.25) is 9.59 Å². The molecule has 6 heteroatoms. The maximum Gasteiger partial charge on any atom is 0.253 e. The van der Waals surface area contributed by atoms with Crippen molar-refractivity contribution in [3.05, 3.63) is 28.8 Å². The fraction of sp³-hybridized carbons (Fsp3) is 0.333. The van der Waals surface area contributed by atoms with Gasteiger partial charge >= 0.3 is 0 Å². The van der Waals surface area contributed by atoms with Gasteiger partial charge < -0.3 is 16.4 Å². The summed E-state index contributed by atoms with van der Waals surface area (Å²) in [7, 11) is 0. The van der Waals surface area contributed by atoms with E-state index in [-0.39, 0.29) is 24.1 Å². The molecule has 0 radical (unpaired) electrons. The first-order valence-electron chi connectivity index (χ1n) is 5.69. The van der Waals surface area contributed by atoms with Crippen molar-refractivity contribution in [2.24, 2.45) is 0 Å². The third-order valence-electron chi connectivity index (χ3n) is 2.61. The van der Waals surface area contributed by atoms with Gasteiger partial charge in [0.05, 0.1) is 12.1 Å². The fourth-order valence-corrected chi connectivity index (χ4v) is 1.66. The molecule has 1 saturated carbocycles. The maximum absolute atomic E-state index is 11.8. The Balaban J connectivity index is 1.90. The van der Waals surface area contributed by atoms with Crippen LogP contribution in [0, 0.1) is 0 Å². The van der Waals surface area contributed by atoms with Gasteiger partial charge in [0.2, 0.25) is 5.91 Å². The number of amides is 2. The van der Waals surface area contributed by atoms with Crippen molar-refractivity contribution in [2.45, 2.75) is 18.9 Å². The van der Waals surface area contributed by atoms with E-state index in [1.807, 2.05) is 0 Å². The Kier molecular flexibility index (Phi) is 3.72. The van der Waals surface area contributed by atoms with E-state index in [2.05, 4.69) is 10.6 Å². The van der Waals surface area contributed by atoms with Crippen molar-refractivity contribution in [3.8, 4) is 0 Å². The Morgan fingerprint density at radius 3 is 2.78 bits per heavy atom. The van der Waals surface area contributed by atoms with Gasteiger partial charge in [-0.2, -0.15) is 0 Å². The van der Waals surface area contributed by atoms with Crippen LogP contribution in [0.1, 0.15) is 23.2 Å². The van der Waals surface area contributed by atoms with E-state index >= 15 is 0 Å². The minimum absolute atomic E-state index is 0.0543. The SMILES string of the molecule is Nc1ccc(Cl)cc1C(=O)NCC(=O)NC1CC1.